The summed E-state index contributed by atoms with van der Waals surface area (Å²) in [5.74, 6) is -1.81. The summed E-state index contributed by atoms with van der Waals surface area (Å²) >= 11 is 0. The molecule has 1 aromatic rings. The molecule has 7 nitrogen and oxygen atoms in total. The summed E-state index contributed by atoms with van der Waals surface area (Å²) in [5.41, 5.74) is 0.827. The number of methoxy groups -OCH3 is 2. The molecule has 0 heterocycles. The lowest BCUT2D eigenvalue weighted by molar-refractivity contribution is -0.147. The molecule has 23 heavy (non-hydrogen) atoms. The van der Waals surface area contributed by atoms with Crippen LogP contribution in [0.15, 0.2) is 30.3 Å². The average Bonchev–Trinajstić information content (AvgIpc) is 2.58. The van der Waals surface area contributed by atoms with Crippen LogP contribution in [0.25, 0.3) is 0 Å². The molecule has 1 amide bonds. The first-order valence-corrected chi connectivity index (χ1v) is 7.09. The highest BCUT2D eigenvalue weighted by Crippen LogP contribution is 2.11. The molecule has 2 atom stereocenters. The van der Waals surface area contributed by atoms with Crippen LogP contribution < -0.4 is 5.32 Å². The van der Waals surface area contributed by atoms with E-state index in [1.165, 1.54) is 14.2 Å². The number of carbonyl (C=O) groups excluding carboxylic acids is 3. The minimum Gasteiger partial charge on any atom is -0.469 e. The Hall–Kier alpha value is -2.57. The smallest absolute Gasteiger partial charge is 0.407 e. The van der Waals surface area contributed by atoms with Gasteiger partial charge in [-0.2, -0.15) is 0 Å². The SMILES string of the molecule is COC(=O)C[C@H](NC(=O)OCc1ccccc1)[C@@H](C)C(=O)OC. The van der Waals surface area contributed by atoms with Gasteiger partial charge in [-0.1, -0.05) is 30.3 Å². The molecular weight excluding hydrogens is 302 g/mol. The highest BCUT2D eigenvalue weighted by Gasteiger charge is 2.29. The van der Waals surface area contributed by atoms with E-state index in [2.05, 4.69) is 14.8 Å². The van der Waals surface area contributed by atoms with Crippen molar-refractivity contribution in [3.63, 3.8) is 0 Å². The van der Waals surface area contributed by atoms with Gasteiger partial charge in [-0.25, -0.2) is 4.79 Å². The predicted molar refractivity (Wildman–Crippen MR) is 81.4 cm³/mol. The zero-order valence-electron chi connectivity index (χ0n) is 13.4. The zero-order chi connectivity index (χ0) is 17.2. The van der Waals surface area contributed by atoms with Crippen LogP contribution in [0, 0.1) is 5.92 Å². The van der Waals surface area contributed by atoms with E-state index >= 15 is 0 Å². The lowest BCUT2D eigenvalue weighted by Gasteiger charge is -2.22. The topological polar surface area (TPSA) is 90.9 Å². The van der Waals surface area contributed by atoms with Gasteiger partial charge in [0.1, 0.15) is 6.61 Å². The first-order chi connectivity index (χ1) is 11.0. The highest BCUT2D eigenvalue weighted by molar-refractivity contribution is 5.78. The number of amides is 1. The molecule has 7 heteroatoms. The molecule has 0 saturated carbocycles. The van der Waals surface area contributed by atoms with Gasteiger partial charge in [0.15, 0.2) is 0 Å². The van der Waals surface area contributed by atoms with Crippen LogP contribution in [0.1, 0.15) is 18.9 Å². The second-order valence-electron chi connectivity index (χ2n) is 4.90. The van der Waals surface area contributed by atoms with Crippen molar-refractivity contribution in [2.24, 2.45) is 5.92 Å². The van der Waals surface area contributed by atoms with Gasteiger partial charge in [0.05, 0.1) is 32.6 Å². The number of hydrogen-bond acceptors (Lipinski definition) is 6. The summed E-state index contributed by atoms with van der Waals surface area (Å²) in [4.78, 5) is 34.9. The van der Waals surface area contributed by atoms with Crippen molar-refractivity contribution >= 4 is 18.0 Å². The number of hydrogen-bond donors (Lipinski definition) is 1. The number of esters is 2. The molecular formula is C16H21NO6. The molecule has 0 unspecified atom stereocenters. The van der Waals surface area contributed by atoms with Crippen LogP contribution in [0.2, 0.25) is 0 Å². The van der Waals surface area contributed by atoms with E-state index in [0.29, 0.717) is 0 Å². The molecule has 1 aromatic carbocycles. The second-order valence-corrected chi connectivity index (χ2v) is 4.90. The predicted octanol–water partition coefficient (Wildman–Crippen LogP) is 1.65. The van der Waals surface area contributed by atoms with Gasteiger partial charge in [0.2, 0.25) is 0 Å². The van der Waals surface area contributed by atoms with Crippen molar-refractivity contribution in [3.8, 4) is 0 Å². The van der Waals surface area contributed by atoms with Gasteiger partial charge in [-0.05, 0) is 12.5 Å². The van der Waals surface area contributed by atoms with E-state index < -0.39 is 30.0 Å². The molecule has 0 aliphatic heterocycles. The lowest BCUT2D eigenvalue weighted by atomic mass is 9.99. The summed E-state index contributed by atoms with van der Waals surface area (Å²) in [7, 11) is 2.47. The van der Waals surface area contributed by atoms with Gasteiger partial charge in [-0.15, -0.1) is 0 Å². The number of alkyl carbamates (subject to hydrolysis) is 1. The maximum Gasteiger partial charge on any atom is 0.407 e. The Morgan fingerprint density at radius 1 is 1.09 bits per heavy atom. The molecule has 0 spiro atoms. The second kappa shape index (κ2) is 9.45. The minimum absolute atomic E-state index is 0.0875. The van der Waals surface area contributed by atoms with Gasteiger partial charge in [0.25, 0.3) is 0 Å². The van der Waals surface area contributed by atoms with E-state index in [0.717, 1.165) is 5.56 Å². The number of carbonyl (C=O) groups is 3. The third-order valence-corrected chi connectivity index (χ3v) is 3.31. The maximum absolute atomic E-state index is 11.9. The molecule has 0 fully saturated rings. The van der Waals surface area contributed by atoms with Gasteiger partial charge < -0.3 is 19.5 Å². The molecule has 0 aliphatic carbocycles. The quantitative estimate of drug-likeness (QED) is 0.606. The summed E-state index contributed by atoms with van der Waals surface area (Å²) in [6, 6.07) is 8.37. The van der Waals surface area contributed by atoms with Crippen LogP contribution in [0.5, 0.6) is 0 Å². The third-order valence-electron chi connectivity index (χ3n) is 3.31. The zero-order valence-corrected chi connectivity index (χ0v) is 13.4. The number of rotatable bonds is 7. The van der Waals surface area contributed by atoms with Crippen LogP contribution in [0.4, 0.5) is 4.79 Å². The Balaban J connectivity index is 2.62. The largest absolute Gasteiger partial charge is 0.469 e. The standard InChI is InChI=1S/C16H21NO6/c1-11(15(19)22-3)13(9-14(18)21-2)17-16(20)23-10-12-7-5-4-6-8-12/h4-8,11,13H,9-10H2,1-3H3,(H,17,20)/t11-,13+/m1/s1. The van der Waals surface area contributed by atoms with Crippen LogP contribution >= 0.6 is 0 Å². The lowest BCUT2D eigenvalue weighted by Crippen LogP contribution is -2.44. The van der Waals surface area contributed by atoms with E-state index in [1.807, 2.05) is 30.3 Å². The van der Waals surface area contributed by atoms with Crippen molar-refractivity contribution in [2.45, 2.75) is 26.0 Å². The van der Waals surface area contributed by atoms with E-state index in [4.69, 9.17) is 4.74 Å². The monoisotopic (exact) mass is 323 g/mol. The van der Waals surface area contributed by atoms with Crippen molar-refractivity contribution < 1.29 is 28.6 Å². The van der Waals surface area contributed by atoms with E-state index in [1.54, 1.807) is 6.92 Å². The van der Waals surface area contributed by atoms with Gasteiger partial charge in [0, 0.05) is 0 Å². The minimum atomic E-state index is -0.779. The van der Waals surface area contributed by atoms with Crippen LogP contribution in [-0.4, -0.2) is 38.3 Å². The van der Waals surface area contributed by atoms with Crippen molar-refractivity contribution in [1.29, 1.82) is 0 Å². The molecule has 0 radical (unpaired) electrons. The first kappa shape index (κ1) is 18.5. The summed E-state index contributed by atoms with van der Waals surface area (Å²) in [5, 5.41) is 2.50. The third kappa shape index (κ3) is 6.37. The number of ether oxygens (including phenoxy) is 3. The summed E-state index contributed by atoms with van der Waals surface area (Å²) < 4.78 is 14.3. The van der Waals surface area contributed by atoms with E-state index in [9.17, 15) is 14.4 Å². The molecule has 126 valence electrons. The first-order valence-electron chi connectivity index (χ1n) is 7.09. The van der Waals surface area contributed by atoms with Gasteiger partial charge >= 0.3 is 18.0 Å². The van der Waals surface area contributed by atoms with Gasteiger partial charge in [-0.3, -0.25) is 9.59 Å². The number of nitrogens with one attached hydrogen (secondary N) is 1. The molecule has 0 saturated heterocycles. The summed E-state index contributed by atoms with van der Waals surface area (Å²) in [6.07, 6.45) is -0.883. The molecule has 0 aromatic heterocycles. The summed E-state index contributed by atoms with van der Waals surface area (Å²) in [6.45, 7) is 1.64. The Morgan fingerprint density at radius 2 is 1.74 bits per heavy atom. The Kier molecular flexibility index (Phi) is 7.59. The Morgan fingerprint density at radius 3 is 2.30 bits per heavy atom. The van der Waals surface area contributed by atoms with Crippen LogP contribution in [0.3, 0.4) is 0 Å². The van der Waals surface area contributed by atoms with Crippen LogP contribution in [-0.2, 0) is 30.4 Å². The highest BCUT2D eigenvalue weighted by atomic mass is 16.5. The molecule has 0 bridgehead atoms. The fourth-order valence-corrected chi connectivity index (χ4v) is 1.88. The average molecular weight is 323 g/mol. The number of benzene rings is 1. The Labute approximate surface area is 134 Å². The Bertz CT molecular complexity index is 531. The van der Waals surface area contributed by atoms with Crippen molar-refractivity contribution in [2.75, 3.05) is 14.2 Å². The fraction of sp³-hybridized carbons (Fsp3) is 0.438. The molecule has 1 rings (SSSR count). The van der Waals surface area contributed by atoms with Crippen molar-refractivity contribution in [1.82, 2.24) is 5.32 Å². The fourth-order valence-electron chi connectivity index (χ4n) is 1.88. The molecule has 1 N–H and O–H groups in total. The van der Waals surface area contributed by atoms with Crippen molar-refractivity contribution in [3.05, 3.63) is 35.9 Å². The maximum atomic E-state index is 11.9. The molecule has 0 aliphatic rings. The normalized spacial score (nSPS) is 12.7. The van der Waals surface area contributed by atoms with E-state index in [-0.39, 0.29) is 13.0 Å².